The molecule has 0 saturated carbocycles. The Hall–Kier alpha value is -2.82. The number of para-hydroxylation sites is 1. The van der Waals surface area contributed by atoms with Gasteiger partial charge in [0.1, 0.15) is 0 Å². The molecular formula is C20H23N3O2. The lowest BCUT2D eigenvalue weighted by atomic mass is 10.1. The first kappa shape index (κ1) is 17.0. The molecule has 1 heterocycles. The summed E-state index contributed by atoms with van der Waals surface area (Å²) in [6.45, 7) is 4.35. The summed E-state index contributed by atoms with van der Waals surface area (Å²) in [7, 11) is 0. The van der Waals surface area contributed by atoms with Crippen molar-refractivity contribution in [3.05, 3.63) is 60.2 Å². The molecule has 1 fully saturated rings. The average molecular weight is 337 g/mol. The Kier molecular flexibility index (Phi) is 5.33. The highest BCUT2D eigenvalue weighted by atomic mass is 16.2. The number of carbonyl (C=O) groups is 2. The number of anilines is 2. The first-order valence-electron chi connectivity index (χ1n) is 8.57. The van der Waals surface area contributed by atoms with Gasteiger partial charge in [-0.15, -0.1) is 0 Å². The molecule has 3 rings (SSSR count). The van der Waals surface area contributed by atoms with Crippen LogP contribution in [0.15, 0.2) is 54.6 Å². The van der Waals surface area contributed by atoms with Crippen molar-refractivity contribution in [2.45, 2.75) is 13.3 Å². The highest BCUT2D eigenvalue weighted by Gasteiger charge is 2.24. The van der Waals surface area contributed by atoms with Gasteiger partial charge >= 0.3 is 11.8 Å². The molecule has 0 radical (unpaired) electrons. The second kappa shape index (κ2) is 7.83. The first-order chi connectivity index (χ1) is 12.1. The summed E-state index contributed by atoms with van der Waals surface area (Å²) in [4.78, 5) is 26.2. The third-order valence-electron chi connectivity index (χ3n) is 4.47. The molecule has 1 atom stereocenters. The third kappa shape index (κ3) is 4.59. The number of benzene rings is 2. The number of nitrogens with one attached hydrogen (secondary N) is 2. The molecule has 5 heteroatoms. The summed E-state index contributed by atoms with van der Waals surface area (Å²) in [5.74, 6) is -0.850. The quantitative estimate of drug-likeness (QED) is 0.843. The molecule has 1 aliphatic heterocycles. The zero-order chi connectivity index (χ0) is 17.6. The number of nitrogens with zero attached hydrogens (tertiary/aromatic N) is 1. The van der Waals surface area contributed by atoms with Crippen molar-refractivity contribution in [1.29, 1.82) is 0 Å². The second-order valence-corrected chi connectivity index (χ2v) is 6.47. The lowest BCUT2D eigenvalue weighted by Gasteiger charge is -2.18. The SMILES string of the molecule is Cc1ccc(NC(=O)C(=O)NC[C@H]2CCN(c3ccccc3)C2)cc1. The Morgan fingerprint density at radius 1 is 1.04 bits per heavy atom. The Balaban J connectivity index is 1.44. The van der Waals surface area contributed by atoms with Crippen molar-refractivity contribution in [3.63, 3.8) is 0 Å². The van der Waals surface area contributed by atoms with E-state index in [4.69, 9.17) is 0 Å². The van der Waals surface area contributed by atoms with Crippen LogP contribution in [-0.4, -0.2) is 31.4 Å². The maximum atomic E-state index is 12.0. The zero-order valence-electron chi connectivity index (χ0n) is 14.4. The van der Waals surface area contributed by atoms with Gasteiger partial charge in [-0.2, -0.15) is 0 Å². The zero-order valence-corrected chi connectivity index (χ0v) is 14.4. The summed E-state index contributed by atoms with van der Waals surface area (Å²) >= 11 is 0. The van der Waals surface area contributed by atoms with Gasteiger partial charge in [0.05, 0.1) is 0 Å². The monoisotopic (exact) mass is 337 g/mol. The fourth-order valence-electron chi connectivity index (χ4n) is 3.01. The van der Waals surface area contributed by atoms with E-state index in [1.807, 2.05) is 37.3 Å². The van der Waals surface area contributed by atoms with Crippen LogP contribution in [0.25, 0.3) is 0 Å². The van der Waals surface area contributed by atoms with Gasteiger partial charge in [0.2, 0.25) is 0 Å². The van der Waals surface area contributed by atoms with E-state index < -0.39 is 11.8 Å². The largest absolute Gasteiger partial charge is 0.371 e. The Morgan fingerprint density at radius 3 is 2.48 bits per heavy atom. The molecule has 2 aromatic rings. The number of aryl methyl sites for hydroxylation is 1. The minimum atomic E-state index is -0.623. The normalized spacial score (nSPS) is 16.5. The standard InChI is InChI=1S/C20H23N3O2/c1-15-7-9-17(10-8-15)22-20(25)19(24)21-13-16-11-12-23(14-16)18-5-3-2-4-6-18/h2-10,16H,11-14H2,1H3,(H,21,24)(H,22,25)/t16-/m1/s1. The molecule has 130 valence electrons. The van der Waals surface area contributed by atoms with Crippen molar-refractivity contribution in [2.24, 2.45) is 5.92 Å². The fourth-order valence-corrected chi connectivity index (χ4v) is 3.01. The van der Waals surface area contributed by atoms with E-state index in [2.05, 4.69) is 27.7 Å². The molecule has 0 aliphatic carbocycles. The summed E-state index contributed by atoms with van der Waals surface area (Å²) in [5, 5.41) is 5.37. The average Bonchev–Trinajstić information content (AvgIpc) is 3.11. The highest BCUT2D eigenvalue weighted by Crippen LogP contribution is 2.22. The molecule has 2 N–H and O–H groups in total. The molecule has 0 spiro atoms. The molecule has 0 aromatic heterocycles. The third-order valence-corrected chi connectivity index (χ3v) is 4.47. The molecular weight excluding hydrogens is 314 g/mol. The molecule has 1 saturated heterocycles. The van der Waals surface area contributed by atoms with E-state index in [0.29, 0.717) is 18.2 Å². The van der Waals surface area contributed by atoms with E-state index in [0.717, 1.165) is 25.1 Å². The van der Waals surface area contributed by atoms with Gasteiger partial charge in [0.15, 0.2) is 0 Å². The second-order valence-electron chi connectivity index (χ2n) is 6.47. The van der Waals surface area contributed by atoms with Crippen molar-refractivity contribution >= 4 is 23.2 Å². The van der Waals surface area contributed by atoms with Crippen molar-refractivity contribution in [2.75, 3.05) is 29.9 Å². The van der Waals surface area contributed by atoms with Gasteiger partial charge in [-0.25, -0.2) is 0 Å². The minimum Gasteiger partial charge on any atom is -0.371 e. The number of hydrogen-bond donors (Lipinski definition) is 2. The maximum Gasteiger partial charge on any atom is 0.313 e. The van der Waals surface area contributed by atoms with Crippen molar-refractivity contribution in [1.82, 2.24) is 5.32 Å². The van der Waals surface area contributed by atoms with Crippen LogP contribution in [0.5, 0.6) is 0 Å². The van der Waals surface area contributed by atoms with Crippen LogP contribution in [0.2, 0.25) is 0 Å². The van der Waals surface area contributed by atoms with Crippen LogP contribution in [0.1, 0.15) is 12.0 Å². The Morgan fingerprint density at radius 2 is 1.76 bits per heavy atom. The van der Waals surface area contributed by atoms with Gasteiger partial charge in [-0.3, -0.25) is 9.59 Å². The van der Waals surface area contributed by atoms with E-state index in [1.54, 1.807) is 12.1 Å². The van der Waals surface area contributed by atoms with Gasteiger partial charge in [0.25, 0.3) is 0 Å². The summed E-state index contributed by atoms with van der Waals surface area (Å²) in [6, 6.07) is 17.6. The van der Waals surface area contributed by atoms with Gasteiger partial charge < -0.3 is 15.5 Å². The predicted molar refractivity (Wildman–Crippen MR) is 99.6 cm³/mol. The number of rotatable bonds is 4. The number of hydrogen-bond acceptors (Lipinski definition) is 3. The molecule has 2 amide bonds. The minimum absolute atomic E-state index is 0.358. The molecule has 1 aliphatic rings. The summed E-state index contributed by atoms with van der Waals surface area (Å²) < 4.78 is 0. The molecule has 25 heavy (non-hydrogen) atoms. The van der Waals surface area contributed by atoms with Gasteiger partial charge in [-0.1, -0.05) is 35.9 Å². The van der Waals surface area contributed by atoms with Crippen LogP contribution in [-0.2, 0) is 9.59 Å². The first-order valence-corrected chi connectivity index (χ1v) is 8.57. The van der Waals surface area contributed by atoms with Gasteiger partial charge in [-0.05, 0) is 43.5 Å². The Labute approximate surface area is 148 Å². The fraction of sp³-hybridized carbons (Fsp3) is 0.300. The number of carbonyl (C=O) groups excluding carboxylic acids is 2. The molecule has 0 unspecified atom stereocenters. The van der Waals surface area contributed by atoms with E-state index in [1.165, 1.54) is 5.69 Å². The van der Waals surface area contributed by atoms with Crippen LogP contribution >= 0.6 is 0 Å². The van der Waals surface area contributed by atoms with Gasteiger partial charge in [0, 0.05) is 31.0 Å². The topological polar surface area (TPSA) is 61.4 Å². The number of amides is 2. The summed E-state index contributed by atoms with van der Waals surface area (Å²) in [6.07, 6.45) is 1.01. The lowest BCUT2D eigenvalue weighted by molar-refractivity contribution is -0.136. The van der Waals surface area contributed by atoms with Crippen LogP contribution in [0, 0.1) is 12.8 Å². The van der Waals surface area contributed by atoms with Crippen molar-refractivity contribution < 1.29 is 9.59 Å². The van der Waals surface area contributed by atoms with Crippen molar-refractivity contribution in [3.8, 4) is 0 Å². The van der Waals surface area contributed by atoms with Crippen LogP contribution in [0.4, 0.5) is 11.4 Å². The van der Waals surface area contributed by atoms with E-state index >= 15 is 0 Å². The lowest BCUT2D eigenvalue weighted by Crippen LogP contribution is -2.38. The molecule has 2 aromatic carbocycles. The smallest absolute Gasteiger partial charge is 0.313 e. The Bertz CT molecular complexity index is 728. The maximum absolute atomic E-state index is 12.0. The molecule has 0 bridgehead atoms. The van der Waals surface area contributed by atoms with E-state index in [-0.39, 0.29) is 0 Å². The van der Waals surface area contributed by atoms with Crippen LogP contribution < -0.4 is 15.5 Å². The predicted octanol–water partition coefficient (Wildman–Crippen LogP) is 2.58. The molecule has 5 nitrogen and oxygen atoms in total. The summed E-state index contributed by atoms with van der Waals surface area (Å²) in [5.41, 5.74) is 2.93. The van der Waals surface area contributed by atoms with E-state index in [9.17, 15) is 9.59 Å². The van der Waals surface area contributed by atoms with Crippen LogP contribution in [0.3, 0.4) is 0 Å². The highest BCUT2D eigenvalue weighted by molar-refractivity contribution is 6.39.